The normalized spacial score (nSPS) is 18.5. The van der Waals surface area contributed by atoms with Gasteiger partial charge in [-0.3, -0.25) is 4.79 Å². The molecule has 4 heteroatoms. The van der Waals surface area contributed by atoms with E-state index in [-0.39, 0.29) is 17.9 Å². The molecule has 2 unspecified atom stereocenters. The highest BCUT2D eigenvalue weighted by molar-refractivity contribution is 5.80. The lowest BCUT2D eigenvalue weighted by molar-refractivity contribution is -0.137. The Morgan fingerprint density at radius 3 is 2.86 bits per heavy atom. The Balaban J connectivity index is 1.71. The van der Waals surface area contributed by atoms with E-state index < -0.39 is 0 Å². The van der Waals surface area contributed by atoms with E-state index in [0.29, 0.717) is 6.61 Å². The van der Waals surface area contributed by atoms with Crippen molar-refractivity contribution < 1.29 is 13.9 Å². The van der Waals surface area contributed by atoms with E-state index in [9.17, 15) is 4.79 Å². The van der Waals surface area contributed by atoms with Gasteiger partial charge in [0.25, 0.3) is 0 Å². The molecule has 1 aliphatic heterocycles. The van der Waals surface area contributed by atoms with Gasteiger partial charge < -0.3 is 14.1 Å². The fourth-order valence-electron chi connectivity index (χ4n) is 2.69. The van der Waals surface area contributed by atoms with Crippen LogP contribution in [-0.2, 0) is 11.2 Å². The molecule has 3 rings (SSSR count). The number of hydrogen-bond acceptors (Lipinski definition) is 3. The van der Waals surface area contributed by atoms with Crippen molar-refractivity contribution in [1.82, 2.24) is 4.90 Å². The predicted octanol–water partition coefficient (Wildman–Crippen LogP) is 3.05. The van der Waals surface area contributed by atoms with Crippen molar-refractivity contribution in [3.63, 3.8) is 0 Å². The zero-order valence-corrected chi connectivity index (χ0v) is 12.3. The molecule has 0 radical (unpaired) electrons. The molecule has 1 aromatic carbocycles. The summed E-state index contributed by atoms with van der Waals surface area (Å²) in [5, 5.41) is 0. The molecule has 0 bridgehead atoms. The van der Waals surface area contributed by atoms with Gasteiger partial charge in [0.15, 0.2) is 0 Å². The summed E-state index contributed by atoms with van der Waals surface area (Å²) in [4.78, 5) is 14.4. The van der Waals surface area contributed by atoms with Gasteiger partial charge in [-0.1, -0.05) is 18.2 Å². The minimum atomic E-state index is -0.137. The van der Waals surface area contributed by atoms with Crippen LogP contribution < -0.4 is 4.74 Å². The Morgan fingerprint density at radius 1 is 1.29 bits per heavy atom. The molecule has 0 spiro atoms. The molecular weight excluding hydrogens is 266 g/mol. The Kier molecular flexibility index (Phi) is 3.69. The van der Waals surface area contributed by atoms with E-state index >= 15 is 0 Å². The van der Waals surface area contributed by atoms with Crippen molar-refractivity contribution in [2.45, 2.75) is 19.4 Å². The summed E-state index contributed by atoms with van der Waals surface area (Å²) < 4.78 is 11.1. The van der Waals surface area contributed by atoms with Gasteiger partial charge >= 0.3 is 0 Å². The SMILES string of the molecule is CC(c1ccco1)N(C)C(=O)C1COc2ccccc2C1. The smallest absolute Gasteiger partial charge is 0.229 e. The maximum atomic E-state index is 12.6. The van der Waals surface area contributed by atoms with Gasteiger partial charge in [0, 0.05) is 7.05 Å². The summed E-state index contributed by atoms with van der Waals surface area (Å²) in [6, 6.07) is 11.5. The van der Waals surface area contributed by atoms with E-state index in [2.05, 4.69) is 0 Å². The summed E-state index contributed by atoms with van der Waals surface area (Å²) in [5.74, 6) is 1.64. The molecule has 1 amide bonds. The summed E-state index contributed by atoms with van der Waals surface area (Å²) in [6.45, 7) is 2.40. The van der Waals surface area contributed by atoms with Crippen molar-refractivity contribution in [3.8, 4) is 5.75 Å². The Morgan fingerprint density at radius 2 is 2.10 bits per heavy atom. The molecule has 4 nitrogen and oxygen atoms in total. The number of furan rings is 1. The van der Waals surface area contributed by atoms with Crippen molar-refractivity contribution in [3.05, 3.63) is 54.0 Å². The molecule has 2 aromatic rings. The van der Waals surface area contributed by atoms with Gasteiger partial charge in [-0.05, 0) is 37.1 Å². The first-order valence-corrected chi connectivity index (χ1v) is 7.17. The summed E-state index contributed by atoms with van der Waals surface area (Å²) in [6.07, 6.45) is 2.36. The lowest BCUT2D eigenvalue weighted by Crippen LogP contribution is -2.39. The quantitative estimate of drug-likeness (QED) is 0.870. The van der Waals surface area contributed by atoms with E-state index in [0.717, 1.165) is 23.5 Å². The molecule has 2 heterocycles. The van der Waals surface area contributed by atoms with Gasteiger partial charge in [-0.25, -0.2) is 0 Å². The molecular formula is C17H19NO3. The van der Waals surface area contributed by atoms with Crippen LogP contribution in [0.3, 0.4) is 0 Å². The highest BCUT2D eigenvalue weighted by atomic mass is 16.5. The van der Waals surface area contributed by atoms with Gasteiger partial charge in [0.1, 0.15) is 18.1 Å². The average molecular weight is 285 g/mol. The second-order valence-corrected chi connectivity index (χ2v) is 5.46. The third-order valence-electron chi connectivity index (χ3n) is 4.11. The molecule has 1 aliphatic rings. The second-order valence-electron chi connectivity index (χ2n) is 5.46. The minimum Gasteiger partial charge on any atom is -0.492 e. The lowest BCUT2D eigenvalue weighted by Gasteiger charge is -2.30. The molecule has 0 N–H and O–H groups in total. The molecule has 1 aromatic heterocycles. The number of ether oxygens (including phenoxy) is 1. The number of hydrogen-bond donors (Lipinski definition) is 0. The van der Waals surface area contributed by atoms with Crippen LogP contribution in [0.1, 0.15) is 24.3 Å². The lowest BCUT2D eigenvalue weighted by atomic mass is 9.95. The standard InChI is InChI=1S/C17H19NO3/c1-12(15-8-5-9-20-15)18(2)17(19)14-10-13-6-3-4-7-16(13)21-11-14/h3-9,12,14H,10-11H2,1-2H3. The highest BCUT2D eigenvalue weighted by Gasteiger charge is 2.30. The van der Waals surface area contributed by atoms with E-state index in [1.165, 1.54) is 0 Å². The van der Waals surface area contributed by atoms with Crippen LogP contribution in [0.2, 0.25) is 0 Å². The first kappa shape index (κ1) is 13.7. The largest absolute Gasteiger partial charge is 0.492 e. The summed E-state index contributed by atoms with van der Waals surface area (Å²) in [5.41, 5.74) is 1.10. The molecule has 110 valence electrons. The van der Waals surface area contributed by atoms with Crippen LogP contribution in [0.25, 0.3) is 0 Å². The number of fused-ring (bicyclic) bond motifs is 1. The zero-order chi connectivity index (χ0) is 14.8. The minimum absolute atomic E-state index is 0.0790. The van der Waals surface area contributed by atoms with Crippen LogP contribution in [-0.4, -0.2) is 24.5 Å². The van der Waals surface area contributed by atoms with E-state index in [4.69, 9.17) is 9.15 Å². The fraction of sp³-hybridized carbons (Fsp3) is 0.353. The van der Waals surface area contributed by atoms with Gasteiger partial charge in [0.05, 0.1) is 18.2 Å². The summed E-state index contributed by atoms with van der Waals surface area (Å²) >= 11 is 0. The van der Waals surface area contributed by atoms with Crippen LogP contribution in [0, 0.1) is 5.92 Å². The van der Waals surface area contributed by atoms with Crippen LogP contribution in [0.4, 0.5) is 0 Å². The molecule has 2 atom stereocenters. The topological polar surface area (TPSA) is 42.7 Å². The Bertz CT molecular complexity index is 621. The summed E-state index contributed by atoms with van der Waals surface area (Å²) in [7, 11) is 1.82. The van der Waals surface area contributed by atoms with Gasteiger partial charge in [0.2, 0.25) is 5.91 Å². The number of carbonyl (C=O) groups excluding carboxylic acids is 1. The van der Waals surface area contributed by atoms with Crippen molar-refractivity contribution in [1.29, 1.82) is 0 Å². The number of nitrogens with zero attached hydrogens (tertiary/aromatic N) is 1. The van der Waals surface area contributed by atoms with E-state index in [1.807, 2.05) is 50.4 Å². The second kappa shape index (κ2) is 5.64. The van der Waals surface area contributed by atoms with Crippen LogP contribution in [0.15, 0.2) is 47.1 Å². The van der Waals surface area contributed by atoms with Crippen molar-refractivity contribution in [2.24, 2.45) is 5.92 Å². The van der Waals surface area contributed by atoms with E-state index in [1.54, 1.807) is 11.2 Å². The Hall–Kier alpha value is -2.23. The highest BCUT2D eigenvalue weighted by Crippen LogP contribution is 2.29. The van der Waals surface area contributed by atoms with Crippen molar-refractivity contribution >= 4 is 5.91 Å². The third kappa shape index (κ3) is 2.66. The maximum absolute atomic E-state index is 12.6. The van der Waals surface area contributed by atoms with Crippen LogP contribution >= 0.6 is 0 Å². The Labute approximate surface area is 124 Å². The first-order chi connectivity index (χ1) is 10.2. The molecule has 0 saturated carbocycles. The fourth-order valence-corrected chi connectivity index (χ4v) is 2.69. The van der Waals surface area contributed by atoms with Crippen molar-refractivity contribution in [2.75, 3.05) is 13.7 Å². The number of amides is 1. The molecule has 21 heavy (non-hydrogen) atoms. The average Bonchev–Trinajstić information content (AvgIpc) is 3.06. The maximum Gasteiger partial charge on any atom is 0.229 e. The zero-order valence-electron chi connectivity index (χ0n) is 12.3. The molecule has 0 saturated heterocycles. The molecule has 0 aliphatic carbocycles. The number of rotatable bonds is 3. The number of benzene rings is 1. The van der Waals surface area contributed by atoms with Crippen LogP contribution in [0.5, 0.6) is 5.75 Å². The third-order valence-corrected chi connectivity index (χ3v) is 4.11. The predicted molar refractivity (Wildman–Crippen MR) is 79.0 cm³/mol. The number of carbonyl (C=O) groups is 1. The first-order valence-electron chi connectivity index (χ1n) is 7.17. The van der Waals surface area contributed by atoms with Gasteiger partial charge in [-0.15, -0.1) is 0 Å². The monoisotopic (exact) mass is 285 g/mol. The molecule has 0 fully saturated rings. The number of para-hydroxylation sites is 1. The van der Waals surface area contributed by atoms with Gasteiger partial charge in [-0.2, -0.15) is 0 Å².